The van der Waals surface area contributed by atoms with E-state index in [0.29, 0.717) is 39.6 Å². The molecule has 0 atom stereocenters. The zero-order valence-corrected chi connectivity index (χ0v) is 15.8. The minimum atomic E-state index is -0.189. The van der Waals surface area contributed by atoms with Gasteiger partial charge >= 0.3 is 0 Å². The van der Waals surface area contributed by atoms with Gasteiger partial charge in [-0.1, -0.05) is 0 Å². The first-order chi connectivity index (χ1) is 12.2. The van der Waals surface area contributed by atoms with Gasteiger partial charge in [-0.15, -0.1) is 0 Å². The van der Waals surface area contributed by atoms with Crippen molar-refractivity contribution in [3.8, 4) is 0 Å². The van der Waals surface area contributed by atoms with Crippen LogP contribution in [0.1, 0.15) is 0 Å². The molecule has 0 amide bonds. The van der Waals surface area contributed by atoms with E-state index in [4.69, 9.17) is 37.9 Å². The van der Waals surface area contributed by atoms with E-state index < -0.39 is 0 Å². The molecule has 9 heteroatoms. The van der Waals surface area contributed by atoms with Crippen molar-refractivity contribution in [3.05, 3.63) is 0 Å². The molecule has 152 valence electrons. The largest absolute Gasteiger partial charge is 0.396 e. The molecular weight excluding hydrogens is 336 g/mol. The summed E-state index contributed by atoms with van der Waals surface area (Å²) in [6, 6.07) is 0. The first kappa shape index (κ1) is 24.6. The Kier molecular flexibility index (Phi) is 18.2. The summed E-state index contributed by atoms with van der Waals surface area (Å²) in [7, 11) is 6.38. The smallest absolute Gasteiger partial charge is 0.147 e. The van der Waals surface area contributed by atoms with Gasteiger partial charge in [0, 0.05) is 34.4 Å². The van der Waals surface area contributed by atoms with Crippen molar-refractivity contribution in [2.75, 3.05) is 88.3 Å². The summed E-state index contributed by atoms with van der Waals surface area (Å²) in [5.74, 6) is -0.168. The Bertz CT molecular complexity index is 232. The quantitative estimate of drug-likeness (QED) is 0.247. The average Bonchev–Trinajstić information content (AvgIpc) is 2.60. The summed E-state index contributed by atoms with van der Waals surface area (Å²) in [5.41, 5.74) is 0. The lowest BCUT2D eigenvalue weighted by atomic mass is 10.2. The molecule has 1 N–H and O–H groups in total. The summed E-state index contributed by atoms with van der Waals surface area (Å²) in [6.07, 6.45) is -0.378. The normalized spacial score (nSPS) is 12.0. The van der Waals surface area contributed by atoms with Crippen LogP contribution in [0.3, 0.4) is 0 Å². The lowest BCUT2D eigenvalue weighted by Gasteiger charge is -2.19. The van der Waals surface area contributed by atoms with Crippen molar-refractivity contribution in [1.29, 1.82) is 0 Å². The Balaban J connectivity index is 3.80. The second-order valence-electron chi connectivity index (χ2n) is 5.42. The number of hydrogen-bond donors (Lipinski definition) is 1. The molecule has 0 aromatic rings. The SMILES string of the molecule is COCC(COC)OCOCC(CO)COCOC(COC)COC. The Labute approximate surface area is 150 Å². The average molecular weight is 370 g/mol. The van der Waals surface area contributed by atoms with Crippen LogP contribution in [0.25, 0.3) is 0 Å². The van der Waals surface area contributed by atoms with Crippen LogP contribution in [0.5, 0.6) is 0 Å². The van der Waals surface area contributed by atoms with Gasteiger partial charge in [0.15, 0.2) is 0 Å². The Hall–Kier alpha value is -0.360. The predicted molar refractivity (Wildman–Crippen MR) is 89.5 cm³/mol. The van der Waals surface area contributed by atoms with E-state index >= 15 is 0 Å². The standard InChI is InChI=1S/C16H34O9/c1-18-8-15(9-19-2)24-12-22-6-14(5-17)7-23-13-25-16(10-20-3)11-21-4/h14-17H,5-13H2,1-4H3. The van der Waals surface area contributed by atoms with Crippen molar-refractivity contribution < 1.29 is 43.0 Å². The van der Waals surface area contributed by atoms with Crippen LogP contribution < -0.4 is 0 Å². The van der Waals surface area contributed by atoms with Gasteiger partial charge in [0.2, 0.25) is 0 Å². The first-order valence-electron chi connectivity index (χ1n) is 8.17. The molecular formula is C16H34O9. The van der Waals surface area contributed by atoms with E-state index in [-0.39, 0.29) is 38.3 Å². The molecule has 0 aromatic heterocycles. The van der Waals surface area contributed by atoms with Crippen molar-refractivity contribution in [2.24, 2.45) is 5.92 Å². The molecule has 0 aliphatic rings. The van der Waals surface area contributed by atoms with E-state index in [1.165, 1.54) is 0 Å². The fraction of sp³-hybridized carbons (Fsp3) is 1.00. The molecule has 0 fully saturated rings. The molecule has 0 rings (SSSR count). The molecule has 0 unspecified atom stereocenters. The third-order valence-corrected chi connectivity index (χ3v) is 3.15. The second kappa shape index (κ2) is 18.4. The molecule has 9 nitrogen and oxygen atoms in total. The van der Waals surface area contributed by atoms with Crippen LogP contribution in [0.2, 0.25) is 0 Å². The Morgan fingerprint density at radius 3 is 1.24 bits per heavy atom. The Morgan fingerprint density at radius 2 is 0.960 bits per heavy atom. The number of methoxy groups -OCH3 is 4. The fourth-order valence-corrected chi connectivity index (χ4v) is 1.90. The molecule has 0 spiro atoms. The number of hydrogen-bond acceptors (Lipinski definition) is 9. The zero-order valence-electron chi connectivity index (χ0n) is 15.8. The van der Waals surface area contributed by atoms with E-state index in [9.17, 15) is 5.11 Å². The van der Waals surface area contributed by atoms with Crippen LogP contribution in [0.4, 0.5) is 0 Å². The van der Waals surface area contributed by atoms with Gasteiger partial charge in [-0.25, -0.2) is 0 Å². The van der Waals surface area contributed by atoms with Gasteiger partial charge in [-0.3, -0.25) is 0 Å². The molecule has 25 heavy (non-hydrogen) atoms. The first-order valence-corrected chi connectivity index (χ1v) is 8.17. The number of rotatable bonds is 19. The maximum atomic E-state index is 9.36. The molecule has 0 aromatic carbocycles. The fourth-order valence-electron chi connectivity index (χ4n) is 1.90. The highest BCUT2D eigenvalue weighted by Crippen LogP contribution is 2.02. The van der Waals surface area contributed by atoms with Gasteiger partial charge in [0.25, 0.3) is 0 Å². The van der Waals surface area contributed by atoms with Gasteiger partial charge in [-0.2, -0.15) is 0 Å². The lowest BCUT2D eigenvalue weighted by molar-refractivity contribution is -0.148. The second-order valence-corrected chi connectivity index (χ2v) is 5.42. The molecule has 0 heterocycles. The summed E-state index contributed by atoms with van der Waals surface area (Å²) in [6.45, 7) is 2.43. The van der Waals surface area contributed by atoms with Crippen LogP contribution >= 0.6 is 0 Å². The lowest BCUT2D eigenvalue weighted by Crippen LogP contribution is -2.28. The Morgan fingerprint density at radius 1 is 0.600 bits per heavy atom. The molecule has 0 saturated heterocycles. The monoisotopic (exact) mass is 370 g/mol. The van der Waals surface area contributed by atoms with Crippen molar-refractivity contribution in [2.45, 2.75) is 12.2 Å². The predicted octanol–water partition coefficient (Wildman–Crippen LogP) is -0.101. The van der Waals surface area contributed by atoms with E-state index in [1.54, 1.807) is 28.4 Å². The highest BCUT2D eigenvalue weighted by molar-refractivity contribution is 4.56. The van der Waals surface area contributed by atoms with Gasteiger partial charge in [0.1, 0.15) is 25.8 Å². The summed E-state index contributed by atoms with van der Waals surface area (Å²) >= 11 is 0. The topological polar surface area (TPSA) is 94.1 Å². The van der Waals surface area contributed by atoms with E-state index in [2.05, 4.69) is 0 Å². The van der Waals surface area contributed by atoms with Crippen LogP contribution in [0, 0.1) is 5.92 Å². The molecule has 0 aliphatic carbocycles. The van der Waals surface area contributed by atoms with Crippen molar-refractivity contribution in [1.82, 2.24) is 0 Å². The summed E-state index contributed by atoms with van der Waals surface area (Å²) < 4.78 is 41.9. The van der Waals surface area contributed by atoms with Crippen LogP contribution in [-0.4, -0.2) is 106 Å². The van der Waals surface area contributed by atoms with E-state index in [0.717, 1.165) is 0 Å². The van der Waals surface area contributed by atoms with Gasteiger partial charge in [0.05, 0.1) is 46.2 Å². The van der Waals surface area contributed by atoms with Crippen molar-refractivity contribution in [3.63, 3.8) is 0 Å². The number of aliphatic hydroxyl groups excluding tert-OH is 1. The third-order valence-electron chi connectivity index (χ3n) is 3.15. The molecule has 0 aliphatic heterocycles. The van der Waals surface area contributed by atoms with Gasteiger partial charge < -0.3 is 43.0 Å². The zero-order chi connectivity index (χ0) is 18.8. The molecule has 0 radical (unpaired) electrons. The number of aliphatic hydroxyl groups is 1. The van der Waals surface area contributed by atoms with E-state index in [1.807, 2.05) is 0 Å². The van der Waals surface area contributed by atoms with Gasteiger partial charge in [-0.05, 0) is 0 Å². The minimum Gasteiger partial charge on any atom is -0.396 e. The summed E-state index contributed by atoms with van der Waals surface area (Å²) in [5, 5.41) is 9.36. The highest BCUT2D eigenvalue weighted by atomic mass is 16.7. The third kappa shape index (κ3) is 14.5. The highest BCUT2D eigenvalue weighted by Gasteiger charge is 2.12. The van der Waals surface area contributed by atoms with Crippen LogP contribution in [0.15, 0.2) is 0 Å². The molecule has 0 saturated carbocycles. The van der Waals surface area contributed by atoms with Crippen molar-refractivity contribution >= 4 is 0 Å². The maximum absolute atomic E-state index is 9.36. The van der Waals surface area contributed by atoms with Crippen LogP contribution in [-0.2, 0) is 37.9 Å². The summed E-state index contributed by atoms with van der Waals surface area (Å²) in [4.78, 5) is 0. The minimum absolute atomic E-state index is 0.0564. The maximum Gasteiger partial charge on any atom is 0.147 e. The number of ether oxygens (including phenoxy) is 8. The molecule has 0 bridgehead atoms.